The molecule has 0 spiro atoms. The predicted molar refractivity (Wildman–Crippen MR) is 78.6 cm³/mol. The van der Waals surface area contributed by atoms with Gasteiger partial charge in [-0.2, -0.15) is 0 Å². The Balaban J connectivity index is 0.000000217. The maximum Gasteiger partial charge on any atom is 0.222 e. The number of hydrogen-bond acceptors (Lipinski definition) is 6. The van der Waals surface area contributed by atoms with Crippen LogP contribution >= 0.6 is 0 Å². The zero-order chi connectivity index (χ0) is 14.8. The van der Waals surface area contributed by atoms with Crippen LogP contribution in [0, 0.1) is 20.8 Å². The van der Waals surface area contributed by atoms with Gasteiger partial charge >= 0.3 is 0 Å². The van der Waals surface area contributed by atoms with Crippen LogP contribution in [0.1, 0.15) is 17.2 Å². The van der Waals surface area contributed by atoms with Gasteiger partial charge in [-0.1, -0.05) is 0 Å². The lowest BCUT2D eigenvalue weighted by Gasteiger charge is -2.03. The van der Waals surface area contributed by atoms with Crippen molar-refractivity contribution in [3.05, 3.63) is 41.7 Å². The van der Waals surface area contributed by atoms with Gasteiger partial charge in [0.2, 0.25) is 5.95 Å². The van der Waals surface area contributed by atoms with E-state index in [-0.39, 0.29) is 0 Å². The SMILES string of the molecule is COCCNc1nccc(C)n1.Cc1ccnc(C)n1. The minimum Gasteiger partial charge on any atom is -0.383 e. The van der Waals surface area contributed by atoms with E-state index in [1.807, 2.05) is 32.9 Å². The van der Waals surface area contributed by atoms with Crippen LogP contribution in [0.15, 0.2) is 24.5 Å². The molecule has 0 bridgehead atoms. The van der Waals surface area contributed by atoms with E-state index in [1.165, 1.54) is 0 Å². The summed E-state index contributed by atoms with van der Waals surface area (Å²) < 4.78 is 4.88. The highest BCUT2D eigenvalue weighted by molar-refractivity contribution is 5.24. The lowest BCUT2D eigenvalue weighted by molar-refractivity contribution is 0.210. The average molecular weight is 275 g/mol. The molecular weight excluding hydrogens is 254 g/mol. The van der Waals surface area contributed by atoms with Gasteiger partial charge in [0.05, 0.1) is 6.61 Å². The summed E-state index contributed by atoms with van der Waals surface area (Å²) in [6, 6.07) is 3.74. The smallest absolute Gasteiger partial charge is 0.222 e. The minimum absolute atomic E-state index is 0.659. The summed E-state index contributed by atoms with van der Waals surface area (Å²) in [5.41, 5.74) is 1.99. The van der Waals surface area contributed by atoms with E-state index < -0.39 is 0 Å². The number of rotatable bonds is 4. The van der Waals surface area contributed by atoms with Crippen LogP contribution < -0.4 is 5.32 Å². The summed E-state index contributed by atoms with van der Waals surface area (Å²) in [4.78, 5) is 16.2. The topological polar surface area (TPSA) is 72.8 Å². The van der Waals surface area contributed by atoms with Crippen molar-refractivity contribution in [1.82, 2.24) is 19.9 Å². The summed E-state index contributed by atoms with van der Waals surface area (Å²) in [6.45, 7) is 7.17. The summed E-state index contributed by atoms with van der Waals surface area (Å²) in [7, 11) is 1.67. The summed E-state index contributed by atoms with van der Waals surface area (Å²) in [5, 5.41) is 3.04. The molecule has 0 aliphatic rings. The molecule has 0 amide bonds. The summed E-state index contributed by atoms with van der Waals surface area (Å²) in [6.07, 6.45) is 3.50. The minimum atomic E-state index is 0.659. The normalized spacial score (nSPS) is 9.60. The average Bonchev–Trinajstić information content (AvgIpc) is 2.39. The van der Waals surface area contributed by atoms with Gasteiger partial charge < -0.3 is 10.1 Å². The molecule has 0 saturated heterocycles. The maximum atomic E-state index is 4.88. The van der Waals surface area contributed by atoms with Gasteiger partial charge in [0, 0.05) is 37.4 Å². The number of aromatic nitrogens is 4. The van der Waals surface area contributed by atoms with Gasteiger partial charge in [-0.25, -0.2) is 19.9 Å². The first kappa shape index (κ1) is 16.0. The second-order valence-corrected chi connectivity index (χ2v) is 4.19. The number of ether oxygens (including phenoxy) is 1. The maximum absolute atomic E-state index is 4.88. The third-order valence-corrected chi connectivity index (χ3v) is 2.30. The highest BCUT2D eigenvalue weighted by Gasteiger charge is 1.93. The molecule has 0 aromatic carbocycles. The fourth-order valence-electron chi connectivity index (χ4n) is 1.37. The van der Waals surface area contributed by atoms with Gasteiger partial charge in [-0.3, -0.25) is 0 Å². The molecule has 0 unspecified atom stereocenters. The molecule has 1 N–H and O–H groups in total. The van der Waals surface area contributed by atoms with Gasteiger partial charge in [-0.05, 0) is 32.9 Å². The van der Waals surface area contributed by atoms with Gasteiger partial charge in [-0.15, -0.1) is 0 Å². The van der Waals surface area contributed by atoms with Crippen LogP contribution in [-0.2, 0) is 4.74 Å². The predicted octanol–water partition coefficient (Wildman–Crippen LogP) is 1.94. The number of nitrogens with zero attached hydrogens (tertiary/aromatic N) is 4. The third-order valence-electron chi connectivity index (χ3n) is 2.30. The first-order valence-corrected chi connectivity index (χ1v) is 6.40. The van der Waals surface area contributed by atoms with Crippen molar-refractivity contribution >= 4 is 5.95 Å². The standard InChI is InChI=1S/C8H13N3O.C6H8N2/c1-7-3-4-9-8(11-7)10-5-6-12-2;1-5-3-4-7-6(2)8-5/h3-4H,5-6H2,1-2H3,(H,9,10,11);3-4H,1-2H3. The molecular formula is C14H21N5O. The first-order chi connectivity index (χ1) is 9.61. The quantitative estimate of drug-likeness (QED) is 0.860. The molecule has 0 aliphatic carbocycles. The molecule has 20 heavy (non-hydrogen) atoms. The molecule has 0 radical (unpaired) electrons. The lowest BCUT2D eigenvalue weighted by Crippen LogP contribution is -2.10. The molecule has 2 heterocycles. The molecule has 2 aromatic heterocycles. The second-order valence-electron chi connectivity index (χ2n) is 4.19. The molecule has 6 heteroatoms. The van der Waals surface area contributed by atoms with Crippen molar-refractivity contribution in [1.29, 1.82) is 0 Å². The Morgan fingerprint density at radius 2 is 1.65 bits per heavy atom. The van der Waals surface area contributed by atoms with Crippen LogP contribution in [0.5, 0.6) is 0 Å². The number of nitrogens with one attached hydrogen (secondary N) is 1. The Kier molecular flexibility index (Phi) is 7.13. The van der Waals surface area contributed by atoms with Crippen molar-refractivity contribution < 1.29 is 4.74 Å². The zero-order valence-electron chi connectivity index (χ0n) is 12.4. The van der Waals surface area contributed by atoms with Crippen molar-refractivity contribution in [3.8, 4) is 0 Å². The van der Waals surface area contributed by atoms with E-state index in [9.17, 15) is 0 Å². The highest BCUT2D eigenvalue weighted by Crippen LogP contribution is 1.97. The first-order valence-electron chi connectivity index (χ1n) is 6.40. The molecule has 2 rings (SSSR count). The van der Waals surface area contributed by atoms with E-state index in [0.29, 0.717) is 12.6 Å². The number of anilines is 1. The Hall–Kier alpha value is -2.08. The second kappa shape index (κ2) is 8.92. The van der Waals surface area contributed by atoms with Crippen molar-refractivity contribution in [2.24, 2.45) is 0 Å². The third kappa shape index (κ3) is 6.75. The fraction of sp³-hybridized carbons (Fsp3) is 0.429. The van der Waals surface area contributed by atoms with Gasteiger partial charge in [0.25, 0.3) is 0 Å². The largest absolute Gasteiger partial charge is 0.383 e. The lowest BCUT2D eigenvalue weighted by atomic mass is 10.4. The van der Waals surface area contributed by atoms with E-state index in [0.717, 1.165) is 23.8 Å². The molecule has 108 valence electrons. The Morgan fingerprint density at radius 1 is 1.00 bits per heavy atom. The van der Waals surface area contributed by atoms with Crippen LogP contribution in [0.25, 0.3) is 0 Å². The van der Waals surface area contributed by atoms with Crippen molar-refractivity contribution in [3.63, 3.8) is 0 Å². The molecule has 0 saturated carbocycles. The van der Waals surface area contributed by atoms with E-state index in [4.69, 9.17) is 4.74 Å². The Bertz CT molecular complexity index is 501. The fourth-order valence-corrected chi connectivity index (χ4v) is 1.37. The van der Waals surface area contributed by atoms with Crippen LogP contribution in [0.2, 0.25) is 0 Å². The Labute approximate surface area is 119 Å². The van der Waals surface area contributed by atoms with E-state index >= 15 is 0 Å². The zero-order valence-corrected chi connectivity index (χ0v) is 12.4. The summed E-state index contributed by atoms with van der Waals surface area (Å²) >= 11 is 0. The van der Waals surface area contributed by atoms with E-state index in [2.05, 4.69) is 25.3 Å². The molecule has 0 atom stereocenters. The number of aryl methyl sites for hydroxylation is 3. The van der Waals surface area contributed by atoms with Crippen molar-refractivity contribution in [2.45, 2.75) is 20.8 Å². The molecule has 0 aliphatic heterocycles. The van der Waals surface area contributed by atoms with Crippen LogP contribution in [-0.4, -0.2) is 40.2 Å². The monoisotopic (exact) mass is 275 g/mol. The molecule has 0 fully saturated rings. The summed E-state index contributed by atoms with van der Waals surface area (Å²) in [5.74, 6) is 1.50. The van der Waals surface area contributed by atoms with Crippen LogP contribution in [0.4, 0.5) is 5.95 Å². The Morgan fingerprint density at radius 3 is 2.15 bits per heavy atom. The van der Waals surface area contributed by atoms with Crippen molar-refractivity contribution in [2.75, 3.05) is 25.6 Å². The number of methoxy groups -OCH3 is 1. The van der Waals surface area contributed by atoms with Crippen LogP contribution in [0.3, 0.4) is 0 Å². The molecule has 6 nitrogen and oxygen atoms in total. The van der Waals surface area contributed by atoms with Gasteiger partial charge in [0.15, 0.2) is 0 Å². The van der Waals surface area contributed by atoms with E-state index in [1.54, 1.807) is 19.5 Å². The molecule has 2 aromatic rings. The highest BCUT2D eigenvalue weighted by atomic mass is 16.5. The van der Waals surface area contributed by atoms with Gasteiger partial charge in [0.1, 0.15) is 5.82 Å². The number of hydrogen-bond donors (Lipinski definition) is 1.